The van der Waals surface area contributed by atoms with Gasteiger partial charge in [-0.25, -0.2) is 0 Å². The van der Waals surface area contributed by atoms with Crippen molar-refractivity contribution in [2.75, 3.05) is 38.2 Å². The summed E-state index contributed by atoms with van der Waals surface area (Å²) in [6, 6.07) is 11.5. The Morgan fingerprint density at radius 3 is 2.32 bits per heavy atom. The van der Waals surface area contributed by atoms with Crippen LogP contribution in [-0.4, -0.2) is 33.3 Å². The summed E-state index contributed by atoms with van der Waals surface area (Å²) >= 11 is 1.46. The number of methoxy groups -OCH3 is 1. The predicted octanol–water partition coefficient (Wildman–Crippen LogP) is 4.27. The number of rotatable bonds is 4. The smallest absolute Gasteiger partial charge is 0.416 e. The van der Waals surface area contributed by atoms with Gasteiger partial charge < -0.3 is 15.0 Å². The highest BCUT2D eigenvalue weighted by Crippen LogP contribution is 2.40. The number of hydrogen-bond donors (Lipinski definition) is 1. The molecular weight excluding hydrogens is 349 g/mol. The Labute approximate surface area is 149 Å². The summed E-state index contributed by atoms with van der Waals surface area (Å²) in [7, 11) is 1.60. The maximum atomic E-state index is 13.1. The molecule has 0 radical (unpaired) electrons. The van der Waals surface area contributed by atoms with E-state index in [1.807, 2.05) is 29.2 Å². The van der Waals surface area contributed by atoms with Gasteiger partial charge in [-0.15, -0.1) is 0 Å². The Kier molecular flexibility index (Phi) is 5.44. The first kappa shape index (κ1) is 17.9. The Balaban J connectivity index is 1.92. The van der Waals surface area contributed by atoms with Gasteiger partial charge in [0.25, 0.3) is 0 Å². The minimum Gasteiger partial charge on any atom is -0.497 e. The number of ether oxygens (including phenoxy) is 1. The van der Waals surface area contributed by atoms with Gasteiger partial charge in [0.1, 0.15) is 5.75 Å². The van der Waals surface area contributed by atoms with Crippen molar-refractivity contribution in [3.63, 3.8) is 0 Å². The number of piperazine rings is 1. The molecule has 0 bridgehead atoms. The fraction of sp³-hybridized carbons (Fsp3) is 0.333. The third-order valence-corrected chi connectivity index (χ3v) is 5.10. The van der Waals surface area contributed by atoms with Crippen molar-refractivity contribution < 1.29 is 17.9 Å². The second-order valence-corrected chi connectivity index (χ2v) is 6.81. The van der Waals surface area contributed by atoms with E-state index < -0.39 is 11.7 Å². The lowest BCUT2D eigenvalue weighted by molar-refractivity contribution is -0.137. The van der Waals surface area contributed by atoms with Crippen LogP contribution in [0.1, 0.15) is 5.56 Å². The SMILES string of the molecule is COc1ccc(Sc2ccc(C(F)(F)F)cc2N2CCNCC2)cc1. The average Bonchev–Trinajstić information content (AvgIpc) is 2.62. The van der Waals surface area contributed by atoms with Gasteiger partial charge in [0.15, 0.2) is 0 Å². The minimum absolute atomic E-state index is 0.611. The monoisotopic (exact) mass is 368 g/mol. The number of hydrogen-bond acceptors (Lipinski definition) is 4. The highest BCUT2D eigenvalue weighted by Gasteiger charge is 2.32. The van der Waals surface area contributed by atoms with Gasteiger partial charge in [0.05, 0.1) is 18.4 Å². The molecule has 0 aliphatic carbocycles. The van der Waals surface area contributed by atoms with Crippen LogP contribution in [0.15, 0.2) is 52.3 Å². The molecule has 0 unspecified atom stereocenters. The minimum atomic E-state index is -4.34. The molecule has 134 valence electrons. The van der Waals surface area contributed by atoms with Gasteiger partial charge in [0.2, 0.25) is 0 Å². The molecule has 1 fully saturated rings. The van der Waals surface area contributed by atoms with E-state index in [0.717, 1.165) is 34.7 Å². The first-order valence-electron chi connectivity index (χ1n) is 7.96. The van der Waals surface area contributed by atoms with Crippen molar-refractivity contribution in [2.24, 2.45) is 0 Å². The van der Waals surface area contributed by atoms with Gasteiger partial charge in [-0.1, -0.05) is 11.8 Å². The van der Waals surface area contributed by atoms with E-state index in [4.69, 9.17) is 4.74 Å². The van der Waals surface area contributed by atoms with Crippen molar-refractivity contribution >= 4 is 17.4 Å². The maximum Gasteiger partial charge on any atom is 0.416 e. The van der Waals surface area contributed by atoms with Gasteiger partial charge in [-0.05, 0) is 42.5 Å². The molecule has 3 nitrogen and oxygen atoms in total. The van der Waals surface area contributed by atoms with Crippen LogP contribution in [0.2, 0.25) is 0 Å². The van der Waals surface area contributed by atoms with E-state index in [0.29, 0.717) is 18.8 Å². The maximum absolute atomic E-state index is 13.1. The van der Waals surface area contributed by atoms with E-state index >= 15 is 0 Å². The molecule has 0 saturated carbocycles. The number of nitrogens with zero attached hydrogens (tertiary/aromatic N) is 1. The van der Waals surface area contributed by atoms with E-state index in [2.05, 4.69) is 5.32 Å². The Bertz CT molecular complexity index is 713. The van der Waals surface area contributed by atoms with Crippen LogP contribution < -0.4 is 15.0 Å². The summed E-state index contributed by atoms with van der Waals surface area (Å²) in [5.74, 6) is 0.749. The second kappa shape index (κ2) is 7.58. The second-order valence-electron chi connectivity index (χ2n) is 5.69. The van der Waals surface area contributed by atoms with Gasteiger partial charge in [0, 0.05) is 36.0 Å². The van der Waals surface area contributed by atoms with Crippen LogP contribution in [0, 0.1) is 0 Å². The van der Waals surface area contributed by atoms with Crippen molar-refractivity contribution in [2.45, 2.75) is 16.0 Å². The molecule has 1 aliphatic rings. The standard InChI is InChI=1S/C18H19F3N2OS/c1-24-14-3-5-15(6-4-14)25-17-7-2-13(18(19,20)21)12-16(17)23-10-8-22-9-11-23/h2-7,12,22H,8-11H2,1H3. The van der Waals surface area contributed by atoms with Crippen LogP contribution in [0.5, 0.6) is 5.75 Å². The van der Waals surface area contributed by atoms with Gasteiger partial charge >= 0.3 is 6.18 Å². The Morgan fingerprint density at radius 1 is 1.04 bits per heavy atom. The highest BCUT2D eigenvalue weighted by molar-refractivity contribution is 7.99. The molecule has 7 heteroatoms. The van der Waals surface area contributed by atoms with Crippen molar-refractivity contribution in [3.05, 3.63) is 48.0 Å². The number of benzene rings is 2. The molecule has 3 rings (SSSR count). The van der Waals surface area contributed by atoms with Crippen molar-refractivity contribution in [3.8, 4) is 5.75 Å². The number of halogens is 3. The summed E-state index contributed by atoms with van der Waals surface area (Å²) in [4.78, 5) is 3.79. The van der Waals surface area contributed by atoms with E-state index in [1.54, 1.807) is 13.2 Å². The molecule has 1 aliphatic heterocycles. The van der Waals surface area contributed by atoms with E-state index in [9.17, 15) is 13.2 Å². The van der Waals surface area contributed by atoms with Crippen LogP contribution in [0.3, 0.4) is 0 Å². The normalized spacial score (nSPS) is 15.3. The zero-order valence-electron chi connectivity index (χ0n) is 13.8. The van der Waals surface area contributed by atoms with Crippen LogP contribution in [0.4, 0.5) is 18.9 Å². The summed E-state index contributed by atoms with van der Waals surface area (Å²) in [6.07, 6.45) is -4.34. The quantitative estimate of drug-likeness (QED) is 0.871. The average molecular weight is 368 g/mol. The summed E-state index contributed by atoms with van der Waals surface area (Å²) < 4.78 is 44.5. The Morgan fingerprint density at radius 2 is 1.72 bits per heavy atom. The highest BCUT2D eigenvalue weighted by atomic mass is 32.2. The third-order valence-electron chi connectivity index (χ3n) is 4.03. The molecule has 1 heterocycles. The van der Waals surface area contributed by atoms with Crippen LogP contribution in [0.25, 0.3) is 0 Å². The van der Waals surface area contributed by atoms with E-state index in [-0.39, 0.29) is 0 Å². The number of anilines is 1. The first-order chi connectivity index (χ1) is 12.0. The fourth-order valence-corrected chi connectivity index (χ4v) is 3.66. The zero-order chi connectivity index (χ0) is 17.9. The molecule has 0 amide bonds. The number of nitrogens with one attached hydrogen (secondary N) is 1. The lowest BCUT2D eigenvalue weighted by Gasteiger charge is -2.31. The number of alkyl halides is 3. The predicted molar refractivity (Wildman–Crippen MR) is 93.6 cm³/mol. The largest absolute Gasteiger partial charge is 0.497 e. The molecule has 1 saturated heterocycles. The van der Waals surface area contributed by atoms with Crippen LogP contribution >= 0.6 is 11.8 Å². The molecule has 0 spiro atoms. The molecule has 25 heavy (non-hydrogen) atoms. The zero-order valence-corrected chi connectivity index (χ0v) is 14.6. The lowest BCUT2D eigenvalue weighted by atomic mass is 10.1. The van der Waals surface area contributed by atoms with Crippen LogP contribution in [-0.2, 0) is 6.18 Å². The molecule has 0 aromatic heterocycles. The molecule has 1 N–H and O–H groups in total. The van der Waals surface area contributed by atoms with E-state index in [1.165, 1.54) is 17.8 Å². The first-order valence-corrected chi connectivity index (χ1v) is 8.78. The lowest BCUT2D eigenvalue weighted by Crippen LogP contribution is -2.43. The third kappa shape index (κ3) is 4.41. The van der Waals surface area contributed by atoms with Crippen molar-refractivity contribution in [1.29, 1.82) is 0 Å². The van der Waals surface area contributed by atoms with Gasteiger partial charge in [-0.3, -0.25) is 0 Å². The van der Waals surface area contributed by atoms with Crippen molar-refractivity contribution in [1.82, 2.24) is 5.32 Å². The Hall–Kier alpha value is -1.86. The summed E-state index contributed by atoms with van der Waals surface area (Å²) in [5.41, 5.74) is 0.0252. The summed E-state index contributed by atoms with van der Waals surface area (Å²) in [6.45, 7) is 2.92. The molecule has 2 aromatic rings. The fourth-order valence-electron chi connectivity index (χ4n) is 2.70. The summed E-state index contributed by atoms with van der Waals surface area (Å²) in [5, 5.41) is 3.23. The molecule has 0 atom stereocenters. The van der Waals surface area contributed by atoms with Gasteiger partial charge in [-0.2, -0.15) is 13.2 Å². The topological polar surface area (TPSA) is 24.5 Å². The molecular formula is C18H19F3N2OS. The molecule has 2 aromatic carbocycles.